The largest absolute Gasteiger partial charge is 0.394 e. The van der Waals surface area contributed by atoms with Gasteiger partial charge in [-0.25, -0.2) is 0 Å². The highest BCUT2D eigenvalue weighted by atomic mass is 16.5. The average Bonchev–Trinajstić information content (AvgIpc) is 2.51. The zero-order chi connectivity index (χ0) is 15.7. The Morgan fingerprint density at radius 1 is 1.10 bits per heavy atom. The number of aliphatic hydroxyl groups is 1. The maximum absolute atomic E-state index is 9.17. The number of fused-ring (bicyclic) bond motifs is 4. The molecule has 3 aliphatic carbocycles. The number of rotatable bonds is 3. The Hall–Kier alpha value is -0.520. The number of aliphatic hydroxyl groups excluding tert-OH is 1. The van der Waals surface area contributed by atoms with Crippen LogP contribution in [0, 0.1) is 35.5 Å². The van der Waals surface area contributed by atoms with Gasteiger partial charge < -0.3 is 9.84 Å². The molecule has 4 unspecified atom stereocenters. The van der Waals surface area contributed by atoms with Crippen molar-refractivity contribution in [3.05, 3.63) is 0 Å². The minimum atomic E-state index is 0.0897. The van der Waals surface area contributed by atoms with Crippen molar-refractivity contribution < 1.29 is 9.84 Å². The third-order valence-corrected chi connectivity index (χ3v) is 6.56. The van der Waals surface area contributed by atoms with Crippen LogP contribution in [0.5, 0.6) is 0 Å². The summed E-state index contributed by atoms with van der Waals surface area (Å²) in [7, 11) is 0. The second kappa shape index (κ2) is 5.94. The van der Waals surface area contributed by atoms with Gasteiger partial charge in [0.05, 0.1) is 18.8 Å². The Morgan fingerprint density at radius 3 is 2.43 bits per heavy atom. The van der Waals surface area contributed by atoms with Crippen molar-refractivity contribution in [3.63, 3.8) is 0 Å². The fraction of sp³-hybridized carbons (Fsp3) is 0.895. The molecule has 0 amide bonds. The molecule has 2 nitrogen and oxygen atoms in total. The maximum Gasteiger partial charge on any atom is 0.0720 e. The average molecular weight is 292 g/mol. The van der Waals surface area contributed by atoms with E-state index >= 15 is 0 Å². The zero-order valence-corrected chi connectivity index (χ0v) is 14.0. The first-order valence-electron chi connectivity index (χ1n) is 8.49. The molecule has 3 saturated carbocycles. The molecule has 0 aromatic carbocycles. The smallest absolute Gasteiger partial charge is 0.0720 e. The highest BCUT2D eigenvalue weighted by Gasteiger charge is 2.61. The standard InChI is InChI=1S/C17H30O2.C2H2/c1-15(2)11-14-13(15)5-8-16(3)6-4-7-17(14,12-16)19-10-9-18;1-2/h13-14,18H,4-12H2,1-3H3;1-2H. The summed E-state index contributed by atoms with van der Waals surface area (Å²) >= 11 is 0. The van der Waals surface area contributed by atoms with Gasteiger partial charge in [-0.05, 0) is 61.2 Å². The topological polar surface area (TPSA) is 29.5 Å². The van der Waals surface area contributed by atoms with Crippen LogP contribution in [0.15, 0.2) is 0 Å². The summed E-state index contributed by atoms with van der Waals surface area (Å²) in [6, 6.07) is 0. The van der Waals surface area contributed by atoms with Gasteiger partial charge in [0.1, 0.15) is 0 Å². The van der Waals surface area contributed by atoms with E-state index in [-0.39, 0.29) is 12.2 Å². The third kappa shape index (κ3) is 2.88. The van der Waals surface area contributed by atoms with Gasteiger partial charge in [0, 0.05) is 0 Å². The van der Waals surface area contributed by atoms with Crippen LogP contribution < -0.4 is 0 Å². The van der Waals surface area contributed by atoms with E-state index in [4.69, 9.17) is 4.74 Å². The molecule has 2 heteroatoms. The SMILES string of the molecule is C#C.CC12CCCC(OCCO)(C1)C1CC(C)(C)C1CC2. The molecule has 3 aliphatic rings. The van der Waals surface area contributed by atoms with Gasteiger partial charge in [-0.2, -0.15) is 0 Å². The lowest BCUT2D eigenvalue weighted by Crippen LogP contribution is -2.57. The third-order valence-electron chi connectivity index (χ3n) is 6.56. The summed E-state index contributed by atoms with van der Waals surface area (Å²) in [5.41, 5.74) is 1.08. The second-order valence-corrected chi connectivity index (χ2v) is 8.42. The molecule has 2 bridgehead atoms. The zero-order valence-electron chi connectivity index (χ0n) is 14.0. The Balaban J connectivity index is 0.000000774. The first kappa shape index (κ1) is 16.8. The van der Waals surface area contributed by atoms with Gasteiger partial charge in [0.15, 0.2) is 0 Å². The molecule has 21 heavy (non-hydrogen) atoms. The highest BCUT2D eigenvalue weighted by molar-refractivity contribution is 5.11. The van der Waals surface area contributed by atoms with Crippen LogP contribution >= 0.6 is 0 Å². The fourth-order valence-corrected chi connectivity index (χ4v) is 5.62. The van der Waals surface area contributed by atoms with E-state index in [9.17, 15) is 5.11 Å². The first-order valence-corrected chi connectivity index (χ1v) is 8.49. The van der Waals surface area contributed by atoms with E-state index in [2.05, 4.69) is 33.6 Å². The van der Waals surface area contributed by atoms with Crippen LogP contribution in [-0.2, 0) is 4.74 Å². The van der Waals surface area contributed by atoms with E-state index in [1.807, 2.05) is 0 Å². The van der Waals surface area contributed by atoms with E-state index in [1.165, 1.54) is 44.9 Å². The fourth-order valence-electron chi connectivity index (χ4n) is 5.62. The van der Waals surface area contributed by atoms with Crippen molar-refractivity contribution in [3.8, 4) is 12.8 Å². The van der Waals surface area contributed by atoms with Crippen molar-refractivity contribution in [1.82, 2.24) is 0 Å². The Labute approximate surface area is 130 Å². The van der Waals surface area contributed by atoms with E-state index in [1.54, 1.807) is 0 Å². The lowest BCUT2D eigenvalue weighted by molar-refractivity contribution is -0.195. The van der Waals surface area contributed by atoms with Crippen molar-refractivity contribution in [2.75, 3.05) is 13.2 Å². The van der Waals surface area contributed by atoms with Crippen LogP contribution in [0.3, 0.4) is 0 Å². The Morgan fingerprint density at radius 2 is 1.81 bits per heavy atom. The van der Waals surface area contributed by atoms with Gasteiger partial charge in [0.25, 0.3) is 0 Å². The summed E-state index contributed by atoms with van der Waals surface area (Å²) in [5, 5.41) is 9.17. The van der Waals surface area contributed by atoms with Crippen LogP contribution in [-0.4, -0.2) is 23.9 Å². The molecule has 0 heterocycles. The summed E-state index contributed by atoms with van der Waals surface area (Å²) < 4.78 is 6.31. The second-order valence-electron chi connectivity index (χ2n) is 8.42. The molecule has 0 saturated heterocycles. The maximum atomic E-state index is 9.17. The molecular formula is C19H32O2. The molecule has 3 rings (SSSR count). The van der Waals surface area contributed by atoms with E-state index in [0.717, 1.165) is 11.8 Å². The molecule has 4 atom stereocenters. The number of ether oxygens (including phenoxy) is 1. The predicted octanol–water partition coefficient (Wildman–Crippen LogP) is 4.02. The monoisotopic (exact) mass is 292 g/mol. The van der Waals surface area contributed by atoms with Crippen molar-refractivity contribution in [1.29, 1.82) is 0 Å². The molecule has 0 aromatic rings. The normalized spacial score (nSPS) is 43.5. The first-order chi connectivity index (χ1) is 9.91. The quantitative estimate of drug-likeness (QED) is 0.796. The van der Waals surface area contributed by atoms with Crippen LogP contribution in [0.25, 0.3) is 0 Å². The van der Waals surface area contributed by atoms with Crippen LogP contribution in [0.4, 0.5) is 0 Å². The predicted molar refractivity (Wildman–Crippen MR) is 86.8 cm³/mol. The van der Waals surface area contributed by atoms with Crippen molar-refractivity contribution in [2.24, 2.45) is 22.7 Å². The van der Waals surface area contributed by atoms with Crippen LogP contribution in [0.2, 0.25) is 0 Å². The highest BCUT2D eigenvalue weighted by Crippen LogP contribution is 2.65. The Kier molecular flexibility index (Phi) is 4.76. The Bertz CT molecular complexity index is 386. The molecule has 0 aliphatic heterocycles. The lowest BCUT2D eigenvalue weighted by Gasteiger charge is -2.59. The van der Waals surface area contributed by atoms with E-state index in [0.29, 0.717) is 17.4 Å². The van der Waals surface area contributed by atoms with Gasteiger partial charge in [-0.3, -0.25) is 0 Å². The van der Waals surface area contributed by atoms with Gasteiger partial charge in [-0.1, -0.05) is 27.2 Å². The van der Waals surface area contributed by atoms with Crippen LogP contribution in [0.1, 0.15) is 65.7 Å². The molecule has 0 spiro atoms. The number of hydrogen-bond donors (Lipinski definition) is 1. The van der Waals surface area contributed by atoms with Crippen molar-refractivity contribution in [2.45, 2.75) is 71.3 Å². The molecule has 0 aromatic heterocycles. The summed E-state index contributed by atoms with van der Waals surface area (Å²) in [6.45, 7) is 8.04. The lowest BCUT2D eigenvalue weighted by atomic mass is 9.49. The van der Waals surface area contributed by atoms with Gasteiger partial charge >= 0.3 is 0 Å². The summed E-state index contributed by atoms with van der Waals surface area (Å²) in [4.78, 5) is 0. The van der Waals surface area contributed by atoms with Gasteiger partial charge in [0.2, 0.25) is 0 Å². The molecular weight excluding hydrogens is 260 g/mol. The summed E-state index contributed by atoms with van der Waals surface area (Å²) in [6.07, 6.45) is 17.2. The van der Waals surface area contributed by atoms with Gasteiger partial charge in [-0.15, -0.1) is 12.8 Å². The molecule has 3 fully saturated rings. The molecule has 0 radical (unpaired) electrons. The number of hydrogen-bond acceptors (Lipinski definition) is 2. The minimum absolute atomic E-state index is 0.0897. The number of terminal acetylenes is 1. The minimum Gasteiger partial charge on any atom is -0.394 e. The summed E-state index contributed by atoms with van der Waals surface area (Å²) in [5.74, 6) is 1.59. The van der Waals surface area contributed by atoms with Crippen molar-refractivity contribution >= 4 is 0 Å². The molecule has 120 valence electrons. The molecule has 1 N–H and O–H groups in total. The van der Waals surface area contributed by atoms with E-state index < -0.39 is 0 Å².